The predicted molar refractivity (Wildman–Crippen MR) is 94.7 cm³/mol. The monoisotopic (exact) mass is 400 g/mol. The molecule has 0 bridgehead atoms. The van der Waals surface area contributed by atoms with Gasteiger partial charge in [0.15, 0.2) is 0 Å². The highest BCUT2D eigenvalue weighted by Crippen LogP contribution is 2.31. The van der Waals surface area contributed by atoms with Crippen molar-refractivity contribution >= 4 is 22.5 Å². The molecule has 146 valence electrons. The van der Waals surface area contributed by atoms with Crippen LogP contribution in [0.5, 0.6) is 0 Å². The SMILES string of the molecule is Cc1cc(C(F)(F)F)ccc1CNC(=O)Nc1nnc(C2CCOCC2)s1. The first-order valence-corrected chi connectivity index (χ1v) is 9.27. The molecule has 1 fully saturated rings. The fraction of sp³-hybridized carbons (Fsp3) is 0.471. The van der Waals surface area contributed by atoms with Crippen LogP contribution in [0.4, 0.5) is 23.1 Å². The molecular formula is C17H19F3N4O2S. The van der Waals surface area contributed by atoms with Gasteiger partial charge in [0.25, 0.3) is 0 Å². The second-order valence-corrected chi connectivity index (χ2v) is 7.29. The average Bonchev–Trinajstić information content (AvgIpc) is 3.09. The Morgan fingerprint density at radius 2 is 2.04 bits per heavy atom. The van der Waals surface area contributed by atoms with Crippen molar-refractivity contribution in [2.45, 2.75) is 38.4 Å². The zero-order chi connectivity index (χ0) is 19.4. The van der Waals surface area contributed by atoms with Gasteiger partial charge in [-0.2, -0.15) is 13.2 Å². The molecular weight excluding hydrogens is 381 g/mol. The number of carbonyl (C=O) groups is 1. The first-order valence-electron chi connectivity index (χ1n) is 8.45. The highest BCUT2D eigenvalue weighted by Gasteiger charge is 2.30. The summed E-state index contributed by atoms with van der Waals surface area (Å²) in [5.41, 5.74) is 0.365. The number of ether oxygens (including phenoxy) is 1. The molecule has 2 heterocycles. The number of carbonyl (C=O) groups excluding carboxylic acids is 1. The van der Waals surface area contributed by atoms with E-state index in [1.165, 1.54) is 17.4 Å². The van der Waals surface area contributed by atoms with Crippen LogP contribution >= 0.6 is 11.3 Å². The largest absolute Gasteiger partial charge is 0.416 e. The van der Waals surface area contributed by atoms with Crippen LogP contribution in [0.2, 0.25) is 0 Å². The summed E-state index contributed by atoms with van der Waals surface area (Å²) in [6.07, 6.45) is -2.61. The number of urea groups is 1. The van der Waals surface area contributed by atoms with Crippen LogP contribution in [0.1, 0.15) is 40.5 Å². The zero-order valence-electron chi connectivity index (χ0n) is 14.6. The van der Waals surface area contributed by atoms with Gasteiger partial charge in [0, 0.05) is 25.7 Å². The summed E-state index contributed by atoms with van der Waals surface area (Å²) in [6.45, 7) is 3.08. The Hall–Kier alpha value is -2.20. The lowest BCUT2D eigenvalue weighted by Gasteiger charge is -2.18. The van der Waals surface area contributed by atoms with Crippen LogP contribution in [-0.4, -0.2) is 29.4 Å². The molecule has 3 rings (SSSR count). The summed E-state index contributed by atoms with van der Waals surface area (Å²) in [5.74, 6) is 0.296. The summed E-state index contributed by atoms with van der Waals surface area (Å²) >= 11 is 1.32. The number of hydrogen-bond acceptors (Lipinski definition) is 5. The Morgan fingerprint density at radius 3 is 2.70 bits per heavy atom. The molecule has 1 aromatic heterocycles. The number of aryl methyl sites for hydroxylation is 1. The summed E-state index contributed by atoms with van der Waals surface area (Å²) in [6, 6.07) is 2.96. The van der Waals surface area contributed by atoms with Crippen LogP contribution < -0.4 is 10.6 Å². The van der Waals surface area contributed by atoms with Crippen molar-refractivity contribution in [1.82, 2.24) is 15.5 Å². The maximum absolute atomic E-state index is 12.7. The molecule has 1 aliphatic rings. The fourth-order valence-electron chi connectivity index (χ4n) is 2.78. The van der Waals surface area contributed by atoms with E-state index in [-0.39, 0.29) is 6.54 Å². The summed E-state index contributed by atoms with van der Waals surface area (Å²) in [7, 11) is 0. The lowest BCUT2D eigenvalue weighted by Crippen LogP contribution is -2.28. The maximum Gasteiger partial charge on any atom is 0.416 e. The van der Waals surface area contributed by atoms with E-state index in [1.54, 1.807) is 6.92 Å². The quantitative estimate of drug-likeness (QED) is 0.811. The summed E-state index contributed by atoms with van der Waals surface area (Å²) in [5, 5.41) is 14.6. The molecule has 6 nitrogen and oxygen atoms in total. The standard InChI is InChI=1S/C17H19F3N4O2S/c1-10-8-13(17(18,19)20)3-2-12(10)9-21-15(25)22-16-24-23-14(27-16)11-4-6-26-7-5-11/h2-3,8,11H,4-7,9H2,1H3,(H2,21,22,24,25). The summed E-state index contributed by atoms with van der Waals surface area (Å²) < 4.78 is 43.4. The molecule has 0 atom stereocenters. The van der Waals surface area contributed by atoms with Gasteiger partial charge in [-0.15, -0.1) is 10.2 Å². The second kappa shape index (κ2) is 8.22. The predicted octanol–water partition coefficient (Wildman–Crippen LogP) is 4.08. The Balaban J connectivity index is 1.53. The number of amides is 2. The zero-order valence-corrected chi connectivity index (χ0v) is 15.4. The number of anilines is 1. The van der Waals surface area contributed by atoms with Crippen molar-refractivity contribution < 1.29 is 22.7 Å². The third-order valence-electron chi connectivity index (χ3n) is 4.34. The van der Waals surface area contributed by atoms with Gasteiger partial charge in [-0.05, 0) is 43.0 Å². The normalized spacial score (nSPS) is 15.6. The number of hydrogen-bond donors (Lipinski definition) is 2. The first kappa shape index (κ1) is 19.6. The molecule has 1 saturated heterocycles. The van der Waals surface area contributed by atoms with Crippen molar-refractivity contribution in [3.63, 3.8) is 0 Å². The van der Waals surface area contributed by atoms with E-state index in [0.717, 1.165) is 30.0 Å². The van der Waals surface area contributed by atoms with Gasteiger partial charge in [-0.25, -0.2) is 4.79 Å². The molecule has 2 N–H and O–H groups in total. The lowest BCUT2D eigenvalue weighted by atomic mass is 10.0. The van der Waals surface area contributed by atoms with E-state index in [1.807, 2.05) is 0 Å². The van der Waals surface area contributed by atoms with E-state index >= 15 is 0 Å². The van der Waals surface area contributed by atoms with E-state index in [2.05, 4.69) is 20.8 Å². The molecule has 0 spiro atoms. The van der Waals surface area contributed by atoms with E-state index < -0.39 is 17.8 Å². The van der Waals surface area contributed by atoms with Crippen molar-refractivity contribution in [3.05, 3.63) is 39.9 Å². The number of nitrogens with one attached hydrogen (secondary N) is 2. The Morgan fingerprint density at radius 1 is 1.30 bits per heavy atom. The molecule has 2 aromatic rings. The van der Waals surface area contributed by atoms with E-state index in [9.17, 15) is 18.0 Å². The Bertz CT molecular complexity index is 804. The van der Waals surface area contributed by atoms with E-state index in [4.69, 9.17) is 4.74 Å². The molecule has 0 radical (unpaired) electrons. The van der Waals surface area contributed by atoms with Crippen LogP contribution in [0.15, 0.2) is 18.2 Å². The van der Waals surface area contributed by atoms with Crippen molar-refractivity contribution in [3.8, 4) is 0 Å². The number of benzene rings is 1. The molecule has 0 unspecified atom stereocenters. The van der Waals surface area contributed by atoms with Gasteiger partial charge in [-0.3, -0.25) is 5.32 Å². The average molecular weight is 400 g/mol. The number of alkyl halides is 3. The van der Waals surface area contributed by atoms with Gasteiger partial charge in [0.05, 0.1) is 5.56 Å². The van der Waals surface area contributed by atoms with Gasteiger partial charge in [0.2, 0.25) is 5.13 Å². The second-order valence-electron chi connectivity index (χ2n) is 6.28. The Labute approximate surface area is 158 Å². The third-order valence-corrected chi connectivity index (χ3v) is 5.34. The van der Waals surface area contributed by atoms with Crippen molar-refractivity contribution in [1.29, 1.82) is 0 Å². The molecule has 1 aliphatic heterocycles. The van der Waals surface area contributed by atoms with Crippen LogP contribution in [0, 0.1) is 6.92 Å². The van der Waals surface area contributed by atoms with Gasteiger partial charge < -0.3 is 10.1 Å². The number of halogens is 3. The first-order chi connectivity index (χ1) is 12.8. The van der Waals surface area contributed by atoms with Crippen molar-refractivity contribution in [2.24, 2.45) is 0 Å². The molecule has 10 heteroatoms. The molecule has 2 amide bonds. The minimum absolute atomic E-state index is 0.113. The summed E-state index contributed by atoms with van der Waals surface area (Å²) in [4.78, 5) is 12.0. The minimum atomic E-state index is -4.38. The number of nitrogens with zero attached hydrogens (tertiary/aromatic N) is 2. The minimum Gasteiger partial charge on any atom is -0.381 e. The van der Waals surface area contributed by atoms with Crippen LogP contribution in [-0.2, 0) is 17.5 Å². The van der Waals surface area contributed by atoms with Gasteiger partial charge in [-0.1, -0.05) is 17.4 Å². The molecule has 0 saturated carbocycles. The van der Waals surface area contributed by atoms with Crippen molar-refractivity contribution in [2.75, 3.05) is 18.5 Å². The highest BCUT2D eigenvalue weighted by molar-refractivity contribution is 7.15. The molecule has 1 aromatic carbocycles. The van der Waals surface area contributed by atoms with Crippen LogP contribution in [0.3, 0.4) is 0 Å². The van der Waals surface area contributed by atoms with Crippen LogP contribution in [0.25, 0.3) is 0 Å². The van der Waals surface area contributed by atoms with Gasteiger partial charge in [0.1, 0.15) is 5.01 Å². The van der Waals surface area contributed by atoms with E-state index in [0.29, 0.717) is 35.4 Å². The molecule has 0 aliphatic carbocycles. The number of rotatable bonds is 4. The highest BCUT2D eigenvalue weighted by atomic mass is 32.1. The maximum atomic E-state index is 12.7. The topological polar surface area (TPSA) is 76.1 Å². The Kier molecular flexibility index (Phi) is 5.95. The third kappa shape index (κ3) is 5.16. The van der Waals surface area contributed by atoms with Gasteiger partial charge >= 0.3 is 12.2 Å². The smallest absolute Gasteiger partial charge is 0.381 e. The molecule has 27 heavy (non-hydrogen) atoms. The lowest BCUT2D eigenvalue weighted by molar-refractivity contribution is -0.137. The fourth-order valence-corrected chi connectivity index (χ4v) is 3.69. The number of aromatic nitrogens is 2.